The molecule has 0 aliphatic rings. The van der Waals surface area contributed by atoms with Crippen LogP contribution >= 0.6 is 23.4 Å². The predicted molar refractivity (Wildman–Crippen MR) is 79.2 cm³/mol. The third-order valence-electron chi connectivity index (χ3n) is 2.31. The summed E-state index contributed by atoms with van der Waals surface area (Å²) in [5.74, 6) is 0.701. The standard InChI is InChI=1S/C12H18ClNO2S2/c1-9(14)8-10-11(13)4-3-5-12(10)17-6-7-18(2,15)16/h3-5,9H,6-8,14H2,1-2H3. The van der Waals surface area contributed by atoms with Crippen molar-refractivity contribution < 1.29 is 8.42 Å². The lowest BCUT2D eigenvalue weighted by Gasteiger charge is -2.13. The van der Waals surface area contributed by atoms with Crippen LogP contribution in [0.3, 0.4) is 0 Å². The van der Waals surface area contributed by atoms with E-state index in [0.29, 0.717) is 17.2 Å². The molecular formula is C12H18ClNO2S2. The van der Waals surface area contributed by atoms with Crippen LogP contribution in [0.4, 0.5) is 0 Å². The minimum absolute atomic E-state index is 0.0270. The number of thioether (sulfide) groups is 1. The molecule has 18 heavy (non-hydrogen) atoms. The second-order valence-corrected chi connectivity index (χ2v) is 8.18. The molecule has 0 saturated heterocycles. The van der Waals surface area contributed by atoms with E-state index < -0.39 is 9.84 Å². The van der Waals surface area contributed by atoms with Gasteiger partial charge >= 0.3 is 0 Å². The summed E-state index contributed by atoms with van der Waals surface area (Å²) in [6, 6.07) is 5.69. The maximum absolute atomic E-state index is 11.1. The summed E-state index contributed by atoms with van der Waals surface area (Å²) in [7, 11) is -2.92. The monoisotopic (exact) mass is 307 g/mol. The van der Waals surface area contributed by atoms with Crippen molar-refractivity contribution >= 4 is 33.2 Å². The van der Waals surface area contributed by atoms with Crippen molar-refractivity contribution in [1.82, 2.24) is 0 Å². The van der Waals surface area contributed by atoms with Gasteiger partial charge in [0, 0.05) is 28.0 Å². The first kappa shape index (κ1) is 15.8. The zero-order chi connectivity index (χ0) is 13.8. The van der Waals surface area contributed by atoms with Crippen molar-refractivity contribution in [3.8, 4) is 0 Å². The van der Waals surface area contributed by atoms with Crippen molar-refractivity contribution in [1.29, 1.82) is 0 Å². The molecule has 3 nitrogen and oxygen atoms in total. The summed E-state index contributed by atoms with van der Waals surface area (Å²) in [5.41, 5.74) is 6.80. The first-order valence-electron chi connectivity index (χ1n) is 5.63. The SMILES string of the molecule is CC(N)Cc1c(Cl)cccc1SCCS(C)(=O)=O. The van der Waals surface area contributed by atoms with E-state index in [1.807, 2.05) is 25.1 Å². The van der Waals surface area contributed by atoms with Gasteiger partial charge in [-0.15, -0.1) is 11.8 Å². The van der Waals surface area contributed by atoms with E-state index in [1.54, 1.807) is 0 Å². The molecule has 1 aromatic rings. The average Bonchev–Trinajstić information content (AvgIpc) is 2.20. The number of halogens is 1. The number of sulfone groups is 1. The normalized spacial score (nSPS) is 13.6. The van der Waals surface area contributed by atoms with Crippen LogP contribution in [0.2, 0.25) is 5.02 Å². The van der Waals surface area contributed by atoms with Crippen LogP contribution in [-0.4, -0.2) is 32.2 Å². The Labute approximate surface area is 118 Å². The molecule has 0 heterocycles. The number of hydrogen-bond acceptors (Lipinski definition) is 4. The quantitative estimate of drug-likeness (QED) is 0.820. The third-order valence-corrected chi connectivity index (χ3v) is 4.97. The fourth-order valence-electron chi connectivity index (χ4n) is 1.50. The first-order valence-corrected chi connectivity index (χ1v) is 9.05. The molecule has 0 amide bonds. The molecule has 0 saturated carbocycles. The number of hydrogen-bond donors (Lipinski definition) is 1. The maximum atomic E-state index is 11.1. The highest BCUT2D eigenvalue weighted by atomic mass is 35.5. The predicted octanol–water partition coefficient (Wildman–Crippen LogP) is 2.37. The number of nitrogens with two attached hydrogens (primary N) is 1. The molecule has 1 unspecified atom stereocenters. The van der Waals surface area contributed by atoms with Crippen LogP contribution in [0.15, 0.2) is 23.1 Å². The highest BCUT2D eigenvalue weighted by molar-refractivity contribution is 8.00. The van der Waals surface area contributed by atoms with E-state index in [9.17, 15) is 8.42 Å². The second-order valence-electron chi connectivity index (χ2n) is 4.38. The maximum Gasteiger partial charge on any atom is 0.148 e. The Morgan fingerprint density at radius 2 is 2.11 bits per heavy atom. The van der Waals surface area contributed by atoms with E-state index in [1.165, 1.54) is 18.0 Å². The zero-order valence-electron chi connectivity index (χ0n) is 10.5. The van der Waals surface area contributed by atoms with Crippen LogP contribution in [0.1, 0.15) is 12.5 Å². The Hall–Kier alpha value is -0.230. The van der Waals surface area contributed by atoms with Gasteiger partial charge in [0.1, 0.15) is 9.84 Å². The summed E-state index contributed by atoms with van der Waals surface area (Å²) in [4.78, 5) is 1.02. The smallest absolute Gasteiger partial charge is 0.148 e. The van der Waals surface area contributed by atoms with E-state index >= 15 is 0 Å². The second kappa shape index (κ2) is 6.80. The summed E-state index contributed by atoms with van der Waals surface area (Å²) in [6.45, 7) is 1.92. The molecule has 2 N–H and O–H groups in total. The molecule has 1 aromatic carbocycles. The van der Waals surface area contributed by atoms with Crippen LogP contribution in [0.25, 0.3) is 0 Å². The highest BCUT2D eigenvalue weighted by Crippen LogP contribution is 2.29. The van der Waals surface area contributed by atoms with Gasteiger partial charge in [-0.3, -0.25) is 0 Å². The molecule has 0 fully saturated rings. The molecule has 1 atom stereocenters. The van der Waals surface area contributed by atoms with E-state index in [4.69, 9.17) is 17.3 Å². The lowest BCUT2D eigenvalue weighted by Crippen LogP contribution is -2.18. The molecule has 1 rings (SSSR count). The van der Waals surface area contributed by atoms with Gasteiger partial charge in [-0.1, -0.05) is 17.7 Å². The Morgan fingerprint density at radius 3 is 2.67 bits per heavy atom. The molecule has 0 radical (unpaired) electrons. The molecule has 0 aliphatic heterocycles. The van der Waals surface area contributed by atoms with Gasteiger partial charge in [-0.05, 0) is 31.0 Å². The van der Waals surface area contributed by atoms with Gasteiger partial charge in [-0.25, -0.2) is 8.42 Å². The average molecular weight is 308 g/mol. The lowest BCUT2D eigenvalue weighted by molar-refractivity contribution is 0.603. The molecule has 6 heteroatoms. The molecule has 0 bridgehead atoms. The van der Waals surface area contributed by atoms with Gasteiger partial charge in [0.2, 0.25) is 0 Å². The summed E-state index contributed by atoms with van der Waals surface area (Å²) < 4.78 is 22.2. The van der Waals surface area contributed by atoms with Crippen molar-refractivity contribution in [3.05, 3.63) is 28.8 Å². The van der Waals surface area contributed by atoms with Crippen LogP contribution < -0.4 is 5.73 Å². The molecular weight excluding hydrogens is 290 g/mol. The molecule has 0 spiro atoms. The zero-order valence-corrected chi connectivity index (χ0v) is 12.9. The van der Waals surface area contributed by atoms with Crippen LogP contribution in [0.5, 0.6) is 0 Å². The van der Waals surface area contributed by atoms with Crippen molar-refractivity contribution in [3.63, 3.8) is 0 Å². The Balaban J connectivity index is 2.78. The van der Waals surface area contributed by atoms with Gasteiger partial charge < -0.3 is 5.73 Å². The summed E-state index contributed by atoms with van der Waals surface area (Å²) in [5, 5.41) is 0.691. The fourth-order valence-corrected chi connectivity index (χ4v) is 4.11. The first-order chi connectivity index (χ1) is 8.29. The topological polar surface area (TPSA) is 60.2 Å². The third kappa shape index (κ3) is 5.61. The van der Waals surface area contributed by atoms with Crippen molar-refractivity contribution in [2.24, 2.45) is 5.73 Å². The van der Waals surface area contributed by atoms with E-state index in [2.05, 4.69) is 0 Å². The minimum atomic E-state index is -2.92. The van der Waals surface area contributed by atoms with Crippen molar-refractivity contribution in [2.45, 2.75) is 24.3 Å². The van der Waals surface area contributed by atoms with Gasteiger partial charge in [0.25, 0.3) is 0 Å². The Morgan fingerprint density at radius 1 is 1.44 bits per heavy atom. The van der Waals surface area contributed by atoms with Gasteiger partial charge in [0.05, 0.1) is 5.75 Å². The summed E-state index contributed by atoms with van der Waals surface area (Å²) in [6.07, 6.45) is 1.94. The molecule has 102 valence electrons. The highest BCUT2D eigenvalue weighted by Gasteiger charge is 2.10. The Kier molecular flexibility index (Phi) is 5.98. The van der Waals surface area contributed by atoms with Gasteiger partial charge in [0.15, 0.2) is 0 Å². The Bertz CT molecular complexity index is 501. The number of benzene rings is 1. The minimum Gasteiger partial charge on any atom is -0.328 e. The fraction of sp³-hybridized carbons (Fsp3) is 0.500. The number of rotatable bonds is 6. The summed E-state index contributed by atoms with van der Waals surface area (Å²) >= 11 is 7.67. The van der Waals surface area contributed by atoms with Crippen LogP contribution in [0, 0.1) is 0 Å². The lowest BCUT2D eigenvalue weighted by atomic mass is 10.1. The van der Waals surface area contributed by atoms with E-state index in [0.717, 1.165) is 10.5 Å². The van der Waals surface area contributed by atoms with Crippen LogP contribution in [-0.2, 0) is 16.3 Å². The van der Waals surface area contributed by atoms with E-state index in [-0.39, 0.29) is 11.8 Å². The molecule has 0 aliphatic carbocycles. The largest absolute Gasteiger partial charge is 0.328 e. The van der Waals surface area contributed by atoms with Crippen molar-refractivity contribution in [2.75, 3.05) is 17.8 Å². The molecule has 0 aromatic heterocycles. The van der Waals surface area contributed by atoms with Gasteiger partial charge in [-0.2, -0.15) is 0 Å².